The molecule has 1 aliphatic heterocycles. The molecule has 0 saturated carbocycles. The minimum absolute atomic E-state index is 0.460. The third-order valence-electron chi connectivity index (χ3n) is 3.00. The van der Waals surface area contributed by atoms with Crippen LogP contribution < -0.4 is 5.73 Å². The molecule has 1 fully saturated rings. The Labute approximate surface area is 143 Å². The number of primary amides is 1. The van der Waals surface area contributed by atoms with Crippen molar-refractivity contribution in [2.75, 3.05) is 12.4 Å². The zero-order valence-corrected chi connectivity index (χ0v) is 14.6. The van der Waals surface area contributed by atoms with E-state index in [1.165, 1.54) is 0 Å². The minimum atomic E-state index is -4.30. The average molecular weight is 381 g/mol. The van der Waals surface area contributed by atoms with Gasteiger partial charge in [0.15, 0.2) is 33.6 Å². The van der Waals surface area contributed by atoms with Crippen LogP contribution in [-0.2, 0) is 48.0 Å². The summed E-state index contributed by atoms with van der Waals surface area (Å²) >= 11 is 0. The topological polar surface area (TPSA) is 165 Å². The molecule has 1 rings (SSSR count). The molecule has 1 heterocycles. The predicted octanol–water partition coefficient (Wildman–Crippen LogP) is -1.96. The molecule has 0 radical (unpaired) electrons. The van der Waals surface area contributed by atoms with E-state index < -0.39 is 69.8 Å². The number of amides is 1. The van der Waals surface area contributed by atoms with Crippen molar-refractivity contribution in [2.24, 2.45) is 5.73 Å². The second kappa shape index (κ2) is 8.25. The molecule has 0 bridgehead atoms. The maximum absolute atomic E-state index is 12.3. The fraction of sp³-hybridized carbons (Fsp3) is 0.692. The monoisotopic (exact) mass is 381 g/mol. The summed E-state index contributed by atoms with van der Waals surface area (Å²) in [6.45, 7) is 2.66. The van der Waals surface area contributed by atoms with Gasteiger partial charge in [0.2, 0.25) is 5.91 Å². The van der Waals surface area contributed by atoms with Crippen LogP contribution in [0.5, 0.6) is 0 Å². The third kappa shape index (κ3) is 5.98. The van der Waals surface area contributed by atoms with Crippen LogP contribution in [0.25, 0.3) is 0 Å². The highest BCUT2D eigenvalue weighted by Gasteiger charge is 2.52. The van der Waals surface area contributed by atoms with Crippen LogP contribution in [0.3, 0.4) is 0 Å². The maximum Gasteiger partial charge on any atom is 0.303 e. The van der Waals surface area contributed by atoms with E-state index in [1.807, 2.05) is 0 Å². The molecular formula is C13H19NO10S. The maximum atomic E-state index is 12.3. The molecule has 1 aliphatic rings. The molecule has 1 saturated heterocycles. The van der Waals surface area contributed by atoms with Gasteiger partial charge in [0.25, 0.3) is 0 Å². The molecule has 4 atom stereocenters. The summed E-state index contributed by atoms with van der Waals surface area (Å²) < 4.78 is 44.6. The lowest BCUT2D eigenvalue weighted by Crippen LogP contribution is -2.60. The van der Waals surface area contributed by atoms with E-state index in [2.05, 4.69) is 0 Å². The molecule has 0 aromatic carbocycles. The van der Waals surface area contributed by atoms with Crippen LogP contribution in [0, 0.1) is 0 Å². The number of hydrogen-bond donors (Lipinski definition) is 1. The Bertz CT molecular complexity index is 658. The van der Waals surface area contributed by atoms with Gasteiger partial charge < -0.3 is 24.7 Å². The minimum Gasteiger partial charge on any atom is -0.456 e. The van der Waals surface area contributed by atoms with Gasteiger partial charge in [-0.15, -0.1) is 0 Å². The number of ether oxygens (including phenoxy) is 4. The standard InChI is InChI=1S/C13H19NO10S/c1-6(15)22-9-4-21-13(25(19,20)5-10(14)18)12(24-8(3)17)11(9)23-7(2)16/h9,11-13H,4-5H2,1-3H3,(H2,14,18)/t9-,11-,12-,13+/m1/s1. The average Bonchev–Trinajstić information content (AvgIpc) is 2.38. The number of sulfone groups is 1. The first-order valence-corrected chi connectivity index (χ1v) is 8.78. The zero-order chi connectivity index (χ0) is 19.4. The molecule has 12 heteroatoms. The first kappa shape index (κ1) is 20.8. The van der Waals surface area contributed by atoms with Crippen molar-refractivity contribution in [3.05, 3.63) is 0 Å². The number of nitrogens with two attached hydrogens (primary N) is 1. The van der Waals surface area contributed by atoms with Gasteiger partial charge in [-0.2, -0.15) is 0 Å². The lowest BCUT2D eigenvalue weighted by molar-refractivity contribution is -0.214. The molecule has 11 nitrogen and oxygen atoms in total. The molecule has 0 aromatic rings. The molecule has 2 N–H and O–H groups in total. The van der Waals surface area contributed by atoms with Crippen molar-refractivity contribution in [1.82, 2.24) is 0 Å². The summed E-state index contributed by atoms with van der Waals surface area (Å²) in [5.41, 5.74) is 3.09. The van der Waals surface area contributed by atoms with Gasteiger partial charge in [0, 0.05) is 20.8 Å². The van der Waals surface area contributed by atoms with Gasteiger partial charge in [-0.1, -0.05) is 0 Å². The molecule has 0 aromatic heterocycles. The van der Waals surface area contributed by atoms with Crippen molar-refractivity contribution < 1.29 is 46.5 Å². The fourth-order valence-electron chi connectivity index (χ4n) is 2.30. The van der Waals surface area contributed by atoms with E-state index >= 15 is 0 Å². The van der Waals surface area contributed by atoms with Crippen LogP contribution in [0.2, 0.25) is 0 Å². The van der Waals surface area contributed by atoms with Crippen molar-refractivity contribution in [1.29, 1.82) is 0 Å². The number of esters is 3. The van der Waals surface area contributed by atoms with Crippen molar-refractivity contribution >= 4 is 33.7 Å². The van der Waals surface area contributed by atoms with Crippen LogP contribution in [-0.4, -0.2) is 68.3 Å². The molecule has 0 unspecified atom stereocenters. The van der Waals surface area contributed by atoms with Gasteiger partial charge in [-0.05, 0) is 0 Å². The van der Waals surface area contributed by atoms with Gasteiger partial charge in [-0.25, -0.2) is 8.42 Å². The van der Waals surface area contributed by atoms with Crippen molar-refractivity contribution in [3.63, 3.8) is 0 Å². The summed E-state index contributed by atoms with van der Waals surface area (Å²) in [4.78, 5) is 44.9. The smallest absolute Gasteiger partial charge is 0.303 e. The molecule has 0 aliphatic carbocycles. The zero-order valence-electron chi connectivity index (χ0n) is 13.8. The second-order valence-corrected chi connectivity index (χ2v) is 7.35. The Hall–Kier alpha value is -2.21. The van der Waals surface area contributed by atoms with E-state index in [0.29, 0.717) is 0 Å². The van der Waals surface area contributed by atoms with E-state index in [-0.39, 0.29) is 0 Å². The molecule has 142 valence electrons. The Morgan fingerprint density at radius 2 is 1.44 bits per heavy atom. The summed E-state index contributed by atoms with van der Waals surface area (Å²) in [7, 11) is -4.30. The summed E-state index contributed by atoms with van der Waals surface area (Å²) in [5.74, 6) is -4.68. The Morgan fingerprint density at radius 3 is 1.88 bits per heavy atom. The SMILES string of the molecule is CC(=O)O[C@@H]1[C@H](OC(C)=O)[C@H](OC(C)=O)CO[C@H]1S(=O)(=O)CC(N)=O. The molecular weight excluding hydrogens is 362 g/mol. The van der Waals surface area contributed by atoms with Gasteiger partial charge in [0.05, 0.1) is 6.61 Å². The normalized spacial score (nSPS) is 26.4. The highest BCUT2D eigenvalue weighted by molar-refractivity contribution is 7.92. The first-order valence-electron chi connectivity index (χ1n) is 7.07. The van der Waals surface area contributed by atoms with Crippen molar-refractivity contribution in [2.45, 2.75) is 44.5 Å². The molecule has 1 amide bonds. The summed E-state index contributed by atoms with van der Waals surface area (Å²) in [6, 6.07) is 0. The number of carbonyl (C=O) groups excluding carboxylic acids is 4. The van der Waals surface area contributed by atoms with Crippen LogP contribution >= 0.6 is 0 Å². The molecule has 0 spiro atoms. The van der Waals surface area contributed by atoms with Crippen LogP contribution in [0.15, 0.2) is 0 Å². The number of carbonyl (C=O) groups is 4. The predicted molar refractivity (Wildman–Crippen MR) is 79.4 cm³/mol. The Kier molecular flexibility index (Phi) is 6.87. The highest BCUT2D eigenvalue weighted by Crippen LogP contribution is 2.27. The number of hydrogen-bond acceptors (Lipinski definition) is 10. The van der Waals surface area contributed by atoms with E-state index in [9.17, 15) is 27.6 Å². The number of rotatable bonds is 6. The summed E-state index contributed by atoms with van der Waals surface area (Å²) in [6.07, 6.45) is -4.29. The molecule has 25 heavy (non-hydrogen) atoms. The van der Waals surface area contributed by atoms with E-state index in [4.69, 9.17) is 24.7 Å². The lowest BCUT2D eigenvalue weighted by Gasteiger charge is -2.39. The van der Waals surface area contributed by atoms with E-state index in [1.54, 1.807) is 0 Å². The Balaban J connectivity index is 3.26. The van der Waals surface area contributed by atoms with Gasteiger partial charge in [-0.3, -0.25) is 19.2 Å². The quantitative estimate of drug-likeness (QED) is 0.403. The lowest BCUT2D eigenvalue weighted by atomic mass is 10.1. The third-order valence-corrected chi connectivity index (χ3v) is 4.80. The second-order valence-electron chi connectivity index (χ2n) is 5.27. The van der Waals surface area contributed by atoms with Crippen LogP contribution in [0.1, 0.15) is 20.8 Å². The highest BCUT2D eigenvalue weighted by atomic mass is 32.2. The van der Waals surface area contributed by atoms with Gasteiger partial charge in [0.1, 0.15) is 5.75 Å². The summed E-state index contributed by atoms with van der Waals surface area (Å²) in [5, 5.41) is 0. The van der Waals surface area contributed by atoms with Gasteiger partial charge >= 0.3 is 17.9 Å². The Morgan fingerprint density at radius 1 is 0.960 bits per heavy atom. The first-order chi connectivity index (χ1) is 11.4. The largest absolute Gasteiger partial charge is 0.456 e. The van der Waals surface area contributed by atoms with Crippen molar-refractivity contribution in [3.8, 4) is 0 Å². The van der Waals surface area contributed by atoms with E-state index in [0.717, 1.165) is 20.8 Å². The fourth-order valence-corrected chi connectivity index (χ4v) is 3.76. The van der Waals surface area contributed by atoms with Crippen LogP contribution in [0.4, 0.5) is 0 Å².